The smallest absolute Gasteiger partial charge is 0.240 e. The molecular formula is C12H20N2O2S2. The first-order valence-corrected chi connectivity index (χ1v) is 8.35. The molecule has 0 heterocycles. The molecule has 0 unspecified atom stereocenters. The van der Waals surface area contributed by atoms with Crippen LogP contribution in [0.2, 0.25) is 0 Å². The van der Waals surface area contributed by atoms with Gasteiger partial charge in [0, 0.05) is 17.8 Å². The van der Waals surface area contributed by atoms with E-state index in [4.69, 9.17) is 5.73 Å². The van der Waals surface area contributed by atoms with E-state index in [9.17, 15) is 8.42 Å². The van der Waals surface area contributed by atoms with Crippen LogP contribution in [0, 0.1) is 0 Å². The second-order valence-electron chi connectivity index (χ2n) is 4.64. The second-order valence-corrected chi connectivity index (χ2v) is 7.92. The summed E-state index contributed by atoms with van der Waals surface area (Å²) in [6, 6.07) is 6.70. The molecule has 0 fully saturated rings. The fourth-order valence-corrected chi connectivity index (χ4v) is 2.85. The molecule has 0 radical (unpaired) electrons. The van der Waals surface area contributed by atoms with Crippen molar-refractivity contribution in [1.29, 1.82) is 0 Å². The van der Waals surface area contributed by atoms with Crippen LogP contribution in [0.5, 0.6) is 0 Å². The third kappa shape index (κ3) is 4.28. The molecule has 0 aliphatic rings. The third-order valence-electron chi connectivity index (χ3n) is 2.68. The summed E-state index contributed by atoms with van der Waals surface area (Å²) in [4.78, 5) is 0.266. The Bertz CT molecular complexity index is 499. The van der Waals surface area contributed by atoms with E-state index in [2.05, 4.69) is 4.72 Å². The van der Waals surface area contributed by atoms with Gasteiger partial charge < -0.3 is 5.73 Å². The summed E-state index contributed by atoms with van der Waals surface area (Å²) in [6.45, 7) is 4.72. The lowest BCUT2D eigenvalue weighted by molar-refractivity contribution is 0.570. The fourth-order valence-electron chi connectivity index (χ4n) is 1.26. The first-order chi connectivity index (χ1) is 8.30. The standard InChI is InChI=1S/C12H20N2O2S2/c1-12(2,17-3)9-14-18(15,16)11-6-4-5-10(7-11)8-13/h4-7,14H,8-9,13H2,1-3H3. The maximum Gasteiger partial charge on any atom is 0.240 e. The number of thioether (sulfide) groups is 1. The van der Waals surface area contributed by atoms with Crippen molar-refractivity contribution in [2.24, 2.45) is 5.73 Å². The molecule has 4 nitrogen and oxygen atoms in total. The van der Waals surface area contributed by atoms with E-state index in [0.717, 1.165) is 5.56 Å². The molecule has 6 heteroatoms. The van der Waals surface area contributed by atoms with Gasteiger partial charge in [0.25, 0.3) is 0 Å². The van der Waals surface area contributed by atoms with Crippen molar-refractivity contribution in [3.63, 3.8) is 0 Å². The van der Waals surface area contributed by atoms with Gasteiger partial charge in [-0.15, -0.1) is 0 Å². The molecule has 0 aromatic heterocycles. The molecule has 102 valence electrons. The Hall–Kier alpha value is -0.560. The largest absolute Gasteiger partial charge is 0.326 e. The van der Waals surface area contributed by atoms with Crippen molar-refractivity contribution in [3.8, 4) is 0 Å². The molecular weight excluding hydrogens is 268 g/mol. The monoisotopic (exact) mass is 288 g/mol. The molecule has 1 rings (SSSR count). The number of hydrogen-bond donors (Lipinski definition) is 2. The number of benzene rings is 1. The second kappa shape index (κ2) is 6.06. The minimum atomic E-state index is -3.46. The lowest BCUT2D eigenvalue weighted by Crippen LogP contribution is -2.36. The quantitative estimate of drug-likeness (QED) is 0.833. The fraction of sp³-hybridized carbons (Fsp3) is 0.500. The van der Waals surface area contributed by atoms with E-state index >= 15 is 0 Å². The minimum Gasteiger partial charge on any atom is -0.326 e. The van der Waals surface area contributed by atoms with E-state index in [1.807, 2.05) is 26.2 Å². The molecule has 0 saturated heterocycles. The van der Waals surface area contributed by atoms with Gasteiger partial charge in [0.2, 0.25) is 10.0 Å². The van der Waals surface area contributed by atoms with Crippen molar-refractivity contribution in [1.82, 2.24) is 4.72 Å². The Kier molecular flexibility index (Phi) is 5.21. The zero-order valence-corrected chi connectivity index (χ0v) is 12.6. The maximum absolute atomic E-state index is 12.1. The van der Waals surface area contributed by atoms with Gasteiger partial charge in [-0.05, 0) is 37.8 Å². The van der Waals surface area contributed by atoms with Crippen LogP contribution >= 0.6 is 11.8 Å². The molecule has 0 bridgehead atoms. The number of nitrogens with one attached hydrogen (secondary N) is 1. The van der Waals surface area contributed by atoms with Crippen LogP contribution in [0.25, 0.3) is 0 Å². The van der Waals surface area contributed by atoms with Crippen molar-refractivity contribution < 1.29 is 8.42 Å². The molecule has 1 aromatic rings. The predicted octanol–water partition coefficient (Wildman–Crippen LogP) is 1.57. The zero-order chi connectivity index (χ0) is 13.8. The summed E-state index contributed by atoms with van der Waals surface area (Å²) in [5.74, 6) is 0. The van der Waals surface area contributed by atoms with Crippen molar-refractivity contribution in [2.45, 2.75) is 30.0 Å². The van der Waals surface area contributed by atoms with Crippen LogP contribution in [0.4, 0.5) is 0 Å². The average molecular weight is 288 g/mol. The lowest BCUT2D eigenvalue weighted by Gasteiger charge is -2.22. The first-order valence-electron chi connectivity index (χ1n) is 5.64. The summed E-state index contributed by atoms with van der Waals surface area (Å²) in [5.41, 5.74) is 6.32. The van der Waals surface area contributed by atoms with Crippen LogP contribution < -0.4 is 10.5 Å². The molecule has 0 aliphatic carbocycles. The van der Waals surface area contributed by atoms with E-state index in [-0.39, 0.29) is 9.64 Å². The van der Waals surface area contributed by atoms with Crippen molar-refractivity contribution in [2.75, 3.05) is 12.8 Å². The van der Waals surface area contributed by atoms with Gasteiger partial charge >= 0.3 is 0 Å². The maximum atomic E-state index is 12.1. The van der Waals surface area contributed by atoms with Crippen molar-refractivity contribution >= 4 is 21.8 Å². The van der Waals surface area contributed by atoms with E-state index in [0.29, 0.717) is 13.1 Å². The lowest BCUT2D eigenvalue weighted by atomic mass is 10.2. The highest BCUT2D eigenvalue weighted by Gasteiger charge is 2.21. The number of hydrogen-bond acceptors (Lipinski definition) is 4. The van der Waals surface area contributed by atoms with Gasteiger partial charge in [-0.2, -0.15) is 11.8 Å². The number of sulfonamides is 1. The van der Waals surface area contributed by atoms with Gasteiger partial charge in [-0.25, -0.2) is 13.1 Å². The molecule has 3 N–H and O–H groups in total. The van der Waals surface area contributed by atoms with Crippen LogP contribution in [0.1, 0.15) is 19.4 Å². The summed E-state index contributed by atoms with van der Waals surface area (Å²) in [7, 11) is -3.46. The molecule has 0 atom stereocenters. The Morgan fingerprint density at radius 2 is 2.06 bits per heavy atom. The summed E-state index contributed by atoms with van der Waals surface area (Å²) < 4.78 is 26.7. The predicted molar refractivity (Wildman–Crippen MR) is 77.1 cm³/mol. The number of nitrogens with two attached hydrogens (primary N) is 1. The Balaban J connectivity index is 2.86. The third-order valence-corrected chi connectivity index (χ3v) is 5.33. The molecule has 0 amide bonds. The highest BCUT2D eigenvalue weighted by atomic mass is 32.2. The van der Waals surface area contributed by atoms with Gasteiger partial charge in [0.1, 0.15) is 0 Å². The normalized spacial score (nSPS) is 12.7. The average Bonchev–Trinajstić information content (AvgIpc) is 2.37. The topological polar surface area (TPSA) is 72.2 Å². The van der Waals surface area contributed by atoms with Gasteiger partial charge in [-0.1, -0.05) is 12.1 Å². The van der Waals surface area contributed by atoms with Crippen LogP contribution in [-0.4, -0.2) is 26.0 Å². The highest BCUT2D eigenvalue weighted by molar-refractivity contribution is 8.00. The Labute approximate surface area is 113 Å². The first kappa shape index (κ1) is 15.5. The van der Waals surface area contributed by atoms with E-state index in [1.165, 1.54) is 0 Å². The molecule has 0 saturated carbocycles. The Morgan fingerprint density at radius 3 is 2.61 bits per heavy atom. The van der Waals surface area contributed by atoms with Crippen LogP contribution in [-0.2, 0) is 16.6 Å². The minimum absolute atomic E-state index is 0.126. The van der Waals surface area contributed by atoms with Crippen molar-refractivity contribution in [3.05, 3.63) is 29.8 Å². The Morgan fingerprint density at radius 1 is 1.39 bits per heavy atom. The van der Waals surface area contributed by atoms with Gasteiger partial charge in [-0.3, -0.25) is 0 Å². The SMILES string of the molecule is CSC(C)(C)CNS(=O)(=O)c1cccc(CN)c1. The molecule has 0 spiro atoms. The van der Waals surface area contributed by atoms with Crippen LogP contribution in [0.3, 0.4) is 0 Å². The number of rotatable bonds is 6. The molecule has 18 heavy (non-hydrogen) atoms. The summed E-state index contributed by atoms with van der Waals surface area (Å²) in [6.07, 6.45) is 1.96. The zero-order valence-electron chi connectivity index (χ0n) is 10.9. The highest BCUT2D eigenvalue weighted by Crippen LogP contribution is 2.21. The molecule has 0 aliphatic heterocycles. The summed E-state index contributed by atoms with van der Waals surface area (Å²) in [5, 5.41) is 0. The molecule has 1 aromatic carbocycles. The van der Waals surface area contributed by atoms with Gasteiger partial charge in [0.05, 0.1) is 4.90 Å². The summed E-state index contributed by atoms with van der Waals surface area (Å²) >= 11 is 1.62. The van der Waals surface area contributed by atoms with E-state index in [1.54, 1.807) is 30.0 Å². The van der Waals surface area contributed by atoms with Gasteiger partial charge in [0.15, 0.2) is 0 Å². The van der Waals surface area contributed by atoms with Crippen LogP contribution in [0.15, 0.2) is 29.2 Å². The van der Waals surface area contributed by atoms with E-state index < -0.39 is 10.0 Å².